The highest BCUT2D eigenvalue weighted by molar-refractivity contribution is 7.82. The van der Waals surface area contributed by atoms with E-state index in [1.54, 1.807) is 0 Å². The molecule has 1 saturated carbocycles. The van der Waals surface area contributed by atoms with Crippen molar-refractivity contribution in [1.82, 2.24) is 9.29 Å². The highest BCUT2D eigenvalue weighted by Gasteiger charge is 2.32. The van der Waals surface area contributed by atoms with E-state index in [0.29, 0.717) is 19.3 Å². The SMILES string of the molecule is Cc1c(COC2CCC(N3CCCS3=O)CC2)nc2ccccc2c1OCc1ccccc1. The quantitative estimate of drug-likeness (QED) is 0.475. The number of nitrogens with zero attached hydrogens (tertiary/aromatic N) is 2. The molecule has 1 aliphatic carbocycles. The predicted octanol–water partition coefficient (Wildman–Crippen LogP) is 5.32. The average Bonchev–Trinajstić information content (AvgIpc) is 3.29. The average molecular weight is 465 g/mol. The van der Waals surface area contributed by atoms with Crippen LogP contribution in [-0.4, -0.2) is 37.9 Å². The molecule has 2 fully saturated rings. The predicted molar refractivity (Wildman–Crippen MR) is 132 cm³/mol. The summed E-state index contributed by atoms with van der Waals surface area (Å²) in [5.41, 5.74) is 4.07. The van der Waals surface area contributed by atoms with E-state index in [0.717, 1.165) is 77.9 Å². The van der Waals surface area contributed by atoms with Gasteiger partial charge in [0.25, 0.3) is 0 Å². The number of rotatable bonds is 7. The molecule has 5 rings (SSSR count). The third kappa shape index (κ3) is 5.13. The molecule has 0 N–H and O–H groups in total. The largest absolute Gasteiger partial charge is 0.488 e. The van der Waals surface area contributed by atoms with Crippen LogP contribution < -0.4 is 4.74 Å². The molecule has 2 heterocycles. The number of fused-ring (bicyclic) bond motifs is 1. The minimum Gasteiger partial charge on any atom is -0.488 e. The van der Waals surface area contributed by atoms with Crippen molar-refractivity contribution >= 4 is 21.9 Å². The third-order valence-corrected chi connectivity index (χ3v) is 8.51. The maximum Gasteiger partial charge on any atom is 0.134 e. The van der Waals surface area contributed by atoms with Gasteiger partial charge in [0.1, 0.15) is 12.4 Å². The number of benzene rings is 2. The first-order chi connectivity index (χ1) is 16.2. The van der Waals surface area contributed by atoms with Crippen LogP contribution in [0.15, 0.2) is 54.6 Å². The minimum absolute atomic E-state index is 0.235. The third-order valence-electron chi connectivity index (χ3n) is 6.87. The van der Waals surface area contributed by atoms with Crippen molar-refractivity contribution in [2.75, 3.05) is 12.3 Å². The Morgan fingerprint density at radius 3 is 2.52 bits per heavy atom. The molecule has 0 bridgehead atoms. The normalized spacial score (nSPS) is 23.7. The molecule has 1 saturated heterocycles. The van der Waals surface area contributed by atoms with Gasteiger partial charge in [-0.2, -0.15) is 0 Å². The Bertz CT molecular complexity index is 1110. The van der Waals surface area contributed by atoms with Crippen LogP contribution in [0.2, 0.25) is 0 Å². The topological polar surface area (TPSA) is 51.7 Å². The molecule has 2 aliphatic rings. The molecule has 1 atom stereocenters. The number of ether oxygens (including phenoxy) is 2. The first kappa shape index (κ1) is 22.5. The fraction of sp³-hybridized carbons (Fsp3) is 0.444. The van der Waals surface area contributed by atoms with Crippen molar-refractivity contribution in [3.63, 3.8) is 0 Å². The first-order valence-electron chi connectivity index (χ1n) is 12.0. The van der Waals surface area contributed by atoms with Gasteiger partial charge in [0, 0.05) is 29.3 Å². The van der Waals surface area contributed by atoms with E-state index < -0.39 is 11.0 Å². The van der Waals surface area contributed by atoms with Crippen LogP contribution >= 0.6 is 0 Å². The van der Waals surface area contributed by atoms with E-state index >= 15 is 0 Å². The molecule has 174 valence electrons. The molecular formula is C27H32N2O3S. The van der Waals surface area contributed by atoms with E-state index in [4.69, 9.17) is 14.5 Å². The maximum atomic E-state index is 12.2. The summed E-state index contributed by atoms with van der Waals surface area (Å²) < 4.78 is 27.0. The number of hydrogen-bond donors (Lipinski definition) is 0. The fourth-order valence-electron chi connectivity index (χ4n) is 4.99. The van der Waals surface area contributed by atoms with Crippen LogP contribution in [0.4, 0.5) is 0 Å². The lowest BCUT2D eigenvalue weighted by molar-refractivity contribution is 0.00461. The summed E-state index contributed by atoms with van der Waals surface area (Å²) in [6.07, 6.45) is 5.45. The van der Waals surface area contributed by atoms with Gasteiger partial charge in [0.05, 0.1) is 34.9 Å². The molecule has 0 radical (unpaired) electrons. The molecule has 33 heavy (non-hydrogen) atoms. The molecule has 5 nitrogen and oxygen atoms in total. The molecule has 2 aromatic carbocycles. The summed E-state index contributed by atoms with van der Waals surface area (Å²) in [5, 5.41) is 1.04. The Morgan fingerprint density at radius 1 is 1.00 bits per heavy atom. The molecular weight excluding hydrogens is 432 g/mol. The van der Waals surface area contributed by atoms with E-state index in [2.05, 4.69) is 29.4 Å². The summed E-state index contributed by atoms with van der Waals surface area (Å²) in [5.74, 6) is 1.72. The number of pyridine rings is 1. The van der Waals surface area contributed by atoms with Crippen molar-refractivity contribution < 1.29 is 13.7 Å². The standard InChI is InChI=1S/C27H32N2O3S/c1-20-26(19-31-23-14-12-22(13-15-23)29-16-7-17-33(29)30)28-25-11-6-5-10-24(25)27(20)32-18-21-8-3-2-4-9-21/h2-6,8-11,22-23H,7,12-19H2,1H3. The zero-order chi connectivity index (χ0) is 22.6. The van der Waals surface area contributed by atoms with Crippen LogP contribution in [0.25, 0.3) is 10.9 Å². The highest BCUT2D eigenvalue weighted by Crippen LogP contribution is 2.33. The Hall–Kier alpha value is -2.28. The Kier molecular flexibility index (Phi) is 7.04. The molecule has 0 spiro atoms. The zero-order valence-electron chi connectivity index (χ0n) is 19.2. The van der Waals surface area contributed by atoms with Crippen LogP contribution in [0.5, 0.6) is 5.75 Å². The van der Waals surface area contributed by atoms with Gasteiger partial charge in [-0.1, -0.05) is 42.5 Å². The lowest BCUT2D eigenvalue weighted by Gasteiger charge is -2.33. The summed E-state index contributed by atoms with van der Waals surface area (Å²) in [4.78, 5) is 4.91. The van der Waals surface area contributed by atoms with Crippen molar-refractivity contribution in [1.29, 1.82) is 0 Å². The zero-order valence-corrected chi connectivity index (χ0v) is 20.1. The molecule has 1 aromatic heterocycles. The Labute approximate surface area is 198 Å². The Balaban J connectivity index is 1.26. The van der Waals surface area contributed by atoms with E-state index in [-0.39, 0.29) is 6.10 Å². The van der Waals surface area contributed by atoms with Crippen LogP contribution in [-0.2, 0) is 28.9 Å². The van der Waals surface area contributed by atoms with Gasteiger partial charge >= 0.3 is 0 Å². The van der Waals surface area contributed by atoms with Gasteiger partial charge in [-0.05, 0) is 56.7 Å². The van der Waals surface area contributed by atoms with Gasteiger partial charge in [0.15, 0.2) is 0 Å². The second kappa shape index (κ2) is 10.3. The summed E-state index contributed by atoms with van der Waals surface area (Å²) in [6.45, 7) is 4.08. The minimum atomic E-state index is -0.770. The second-order valence-corrected chi connectivity index (χ2v) is 10.6. The highest BCUT2D eigenvalue weighted by atomic mass is 32.2. The molecule has 0 amide bonds. The number of para-hydroxylation sites is 1. The van der Waals surface area contributed by atoms with Crippen molar-refractivity contribution in [3.8, 4) is 5.75 Å². The van der Waals surface area contributed by atoms with Gasteiger partial charge < -0.3 is 9.47 Å². The van der Waals surface area contributed by atoms with Crippen molar-refractivity contribution in [3.05, 3.63) is 71.4 Å². The molecule has 6 heteroatoms. The smallest absolute Gasteiger partial charge is 0.134 e. The number of hydrogen-bond acceptors (Lipinski definition) is 4. The van der Waals surface area contributed by atoms with Crippen LogP contribution in [0, 0.1) is 6.92 Å². The molecule has 3 aromatic rings. The van der Waals surface area contributed by atoms with Crippen LogP contribution in [0.1, 0.15) is 48.9 Å². The van der Waals surface area contributed by atoms with Gasteiger partial charge in [0.2, 0.25) is 0 Å². The lowest BCUT2D eigenvalue weighted by atomic mass is 9.93. The summed E-state index contributed by atoms with van der Waals surface area (Å²) in [7, 11) is -0.770. The Morgan fingerprint density at radius 2 is 1.76 bits per heavy atom. The van der Waals surface area contributed by atoms with E-state index in [1.807, 2.05) is 36.4 Å². The van der Waals surface area contributed by atoms with E-state index in [9.17, 15) is 4.21 Å². The maximum absolute atomic E-state index is 12.2. The summed E-state index contributed by atoms with van der Waals surface area (Å²) in [6, 6.07) is 18.8. The van der Waals surface area contributed by atoms with Gasteiger partial charge in [-0.25, -0.2) is 13.5 Å². The lowest BCUT2D eigenvalue weighted by Crippen LogP contribution is -2.38. The summed E-state index contributed by atoms with van der Waals surface area (Å²) >= 11 is 0. The van der Waals surface area contributed by atoms with Gasteiger partial charge in [-0.3, -0.25) is 0 Å². The van der Waals surface area contributed by atoms with Crippen LogP contribution in [0.3, 0.4) is 0 Å². The second-order valence-electron chi connectivity index (χ2n) is 9.07. The van der Waals surface area contributed by atoms with E-state index in [1.165, 1.54) is 0 Å². The van der Waals surface area contributed by atoms with Gasteiger partial charge in [-0.15, -0.1) is 0 Å². The molecule has 1 aliphatic heterocycles. The monoisotopic (exact) mass is 464 g/mol. The fourth-order valence-corrected chi connectivity index (χ4v) is 6.48. The molecule has 1 unspecified atom stereocenters. The number of aromatic nitrogens is 1. The van der Waals surface area contributed by atoms with Crippen molar-refractivity contribution in [2.45, 2.75) is 64.4 Å². The van der Waals surface area contributed by atoms with Crippen molar-refractivity contribution in [2.24, 2.45) is 0 Å². The first-order valence-corrected chi connectivity index (χ1v) is 13.3.